The van der Waals surface area contributed by atoms with Crippen molar-refractivity contribution in [2.24, 2.45) is 29.6 Å². The lowest BCUT2D eigenvalue weighted by molar-refractivity contribution is -0.0665. The molecule has 4 aromatic rings. The van der Waals surface area contributed by atoms with Gasteiger partial charge in [-0.2, -0.15) is 0 Å². The average molecular weight is 1240 g/mol. The fourth-order valence-corrected chi connectivity index (χ4v) is 12.1. The molecule has 10 atom stereocenters. The maximum absolute atomic E-state index is 11.6. The van der Waals surface area contributed by atoms with Crippen LogP contribution in [0.1, 0.15) is 185 Å². The van der Waals surface area contributed by atoms with Crippen LogP contribution in [0.15, 0.2) is 60.5 Å². The van der Waals surface area contributed by atoms with Crippen LogP contribution in [-0.2, 0) is 56.3 Å². The first-order valence-corrected chi connectivity index (χ1v) is 30.5. The molecule has 5 heterocycles. The van der Waals surface area contributed by atoms with Crippen molar-refractivity contribution >= 4 is 23.6 Å². The number of phenols is 3. The van der Waals surface area contributed by atoms with E-state index in [0.29, 0.717) is 70.6 Å². The molecule has 0 amide bonds. The molecule has 0 bridgehead atoms. The number of benzene rings is 3. The number of aliphatic hydroxyl groups is 4. The first kappa shape index (κ1) is 72.6. The van der Waals surface area contributed by atoms with E-state index in [4.69, 9.17) is 33.9 Å². The Hall–Kier alpha value is -7.13. The van der Waals surface area contributed by atoms with E-state index in [-0.39, 0.29) is 56.4 Å². The zero-order valence-electron chi connectivity index (χ0n) is 55.4. The summed E-state index contributed by atoms with van der Waals surface area (Å²) >= 11 is 0. The highest BCUT2D eigenvalue weighted by molar-refractivity contribution is 5.99. The minimum absolute atomic E-state index is 0.0746. The van der Waals surface area contributed by atoms with E-state index < -0.39 is 42.4 Å². The van der Waals surface area contributed by atoms with Crippen LogP contribution in [0.3, 0.4) is 0 Å². The number of nitrogens with one attached hydrogen (secondary N) is 1. The molecule has 0 spiro atoms. The van der Waals surface area contributed by atoms with Crippen LogP contribution in [0, 0.1) is 78.1 Å². The Labute approximate surface area is 525 Å². The second-order valence-electron chi connectivity index (χ2n) is 24.6. The lowest BCUT2D eigenvalue weighted by Gasteiger charge is -2.18. The number of rotatable bonds is 11. The van der Waals surface area contributed by atoms with E-state index in [1.54, 1.807) is 7.05 Å². The Morgan fingerprint density at radius 2 is 1.11 bits per heavy atom. The van der Waals surface area contributed by atoms with Gasteiger partial charge in [-0.3, -0.25) is 0 Å². The molecule has 0 radical (unpaired) electrons. The van der Waals surface area contributed by atoms with Crippen molar-refractivity contribution in [1.82, 2.24) is 20.1 Å². The molecule has 19 nitrogen and oxygen atoms in total. The number of fused-ring (bicyclic) bond motifs is 3. The third-order valence-electron chi connectivity index (χ3n) is 18.6. The number of aromatic hydroxyl groups is 3. The number of carbonyl (C=O) groups is 3. The summed E-state index contributed by atoms with van der Waals surface area (Å²) in [6.07, 6.45) is 7.01. The summed E-state index contributed by atoms with van der Waals surface area (Å²) in [5.41, 5.74) is 17.7. The number of esters is 3. The molecule has 10 rings (SSSR count). The lowest BCUT2D eigenvalue weighted by atomic mass is 9.91. The number of hydrogen-bond donors (Lipinski definition) is 8. The highest BCUT2D eigenvalue weighted by Crippen LogP contribution is 2.42. The second-order valence-corrected chi connectivity index (χ2v) is 24.6. The molecule has 1 aromatic heterocycles. The van der Waals surface area contributed by atoms with Crippen LogP contribution >= 0.6 is 0 Å². The minimum atomic E-state index is -0.917. The molecule has 89 heavy (non-hydrogen) atoms. The number of nitrogens with zero attached hydrogens (tertiary/aromatic N) is 3. The van der Waals surface area contributed by atoms with Gasteiger partial charge in [0.2, 0.25) is 0 Å². The third-order valence-corrected chi connectivity index (χ3v) is 18.6. The summed E-state index contributed by atoms with van der Waals surface area (Å²) < 4.78 is 27.1. The fourth-order valence-electron chi connectivity index (χ4n) is 12.1. The largest absolute Gasteiger partial charge is 0.507 e. The maximum atomic E-state index is 11.6. The molecular weight excluding hydrogens is 1140 g/mol. The Bertz CT molecular complexity index is 3210. The molecular formula is C70H98N4O15. The zero-order valence-corrected chi connectivity index (χ0v) is 55.4. The fraction of sp³-hybridized carbons (Fsp3) is 0.529. The van der Waals surface area contributed by atoms with Crippen molar-refractivity contribution in [3.05, 3.63) is 150 Å². The predicted molar refractivity (Wildman–Crippen MR) is 342 cm³/mol. The number of aromatic nitrogens is 3. The molecule has 488 valence electrons. The zero-order chi connectivity index (χ0) is 66.8. The van der Waals surface area contributed by atoms with Crippen molar-refractivity contribution in [2.45, 2.75) is 186 Å². The molecule has 4 aliphatic heterocycles. The van der Waals surface area contributed by atoms with Crippen molar-refractivity contribution in [2.75, 3.05) is 27.4 Å². The van der Waals surface area contributed by atoms with Crippen LogP contribution in [-0.4, -0.2) is 120 Å². The normalized spacial score (nSPS) is 23.2. The summed E-state index contributed by atoms with van der Waals surface area (Å²) in [6, 6.07) is 0. The van der Waals surface area contributed by atoms with Gasteiger partial charge in [-0.1, -0.05) is 81.9 Å². The number of methoxy groups -OCH3 is 1. The van der Waals surface area contributed by atoms with Crippen LogP contribution < -0.4 is 5.32 Å². The number of cyclic esters (lactones) is 3. The lowest BCUT2D eigenvalue weighted by Crippen LogP contribution is -2.34. The maximum Gasteiger partial charge on any atom is 0.342 e. The summed E-state index contributed by atoms with van der Waals surface area (Å²) in [4.78, 5) is 38.7. The Morgan fingerprint density at radius 3 is 1.46 bits per heavy atom. The summed E-state index contributed by atoms with van der Waals surface area (Å²) in [5.74, 6) is 1.97. The van der Waals surface area contributed by atoms with E-state index in [1.165, 1.54) is 46.8 Å². The molecule has 2 saturated carbocycles. The van der Waals surface area contributed by atoms with E-state index in [0.717, 1.165) is 79.6 Å². The number of phenolic OH excluding ortho intramolecular Hbond substituents is 3. The summed E-state index contributed by atoms with van der Waals surface area (Å²) in [5, 5.41) is 74.9. The van der Waals surface area contributed by atoms with Gasteiger partial charge in [0, 0.05) is 60.4 Å². The predicted octanol–water partition coefficient (Wildman–Crippen LogP) is 10.9. The molecule has 8 N–H and O–H groups in total. The van der Waals surface area contributed by atoms with Gasteiger partial charge >= 0.3 is 17.9 Å². The first-order chi connectivity index (χ1) is 41.8. The molecule has 3 aromatic carbocycles. The van der Waals surface area contributed by atoms with Crippen LogP contribution in [0.2, 0.25) is 0 Å². The van der Waals surface area contributed by atoms with Crippen LogP contribution in [0.5, 0.6) is 17.2 Å². The average Bonchev–Trinajstić information content (AvgIpc) is 2.04. The van der Waals surface area contributed by atoms with Gasteiger partial charge in [0.25, 0.3) is 0 Å². The molecule has 6 aliphatic rings. The van der Waals surface area contributed by atoms with Crippen molar-refractivity contribution < 1.29 is 73.8 Å². The Morgan fingerprint density at radius 1 is 0.674 bits per heavy atom. The Kier molecular flexibility index (Phi) is 25.7. The summed E-state index contributed by atoms with van der Waals surface area (Å²) in [6.45, 7) is 42.8. The topological polar surface area (TPSA) is 282 Å². The number of aliphatic hydroxyl groups excluding tert-OH is 4. The molecule has 19 heteroatoms. The van der Waals surface area contributed by atoms with Crippen molar-refractivity contribution in [3.63, 3.8) is 0 Å². The third kappa shape index (κ3) is 16.1. The van der Waals surface area contributed by atoms with E-state index in [9.17, 15) is 39.9 Å². The Balaban J connectivity index is 0.000000197. The highest BCUT2D eigenvalue weighted by Gasteiger charge is 2.45. The van der Waals surface area contributed by atoms with Gasteiger partial charge in [0.1, 0.15) is 78.4 Å². The molecule has 0 unspecified atom stereocenters. The number of allylic oxidation sites excluding steroid dienone is 4. The second kappa shape index (κ2) is 31.6. The van der Waals surface area contributed by atoms with Crippen LogP contribution in [0.4, 0.5) is 0 Å². The summed E-state index contributed by atoms with van der Waals surface area (Å²) in [7, 11) is 3.19. The minimum Gasteiger partial charge on any atom is -0.507 e. The number of ether oxygens (including phenoxy) is 5. The van der Waals surface area contributed by atoms with Gasteiger partial charge in [-0.15, -0.1) is 5.10 Å². The van der Waals surface area contributed by atoms with E-state index in [2.05, 4.69) is 62.8 Å². The highest BCUT2D eigenvalue weighted by atomic mass is 16.6. The quantitative estimate of drug-likeness (QED) is 0.0394. The first-order valence-electron chi connectivity index (χ1n) is 30.5. The van der Waals surface area contributed by atoms with Crippen molar-refractivity contribution in [1.29, 1.82) is 0 Å². The van der Waals surface area contributed by atoms with Crippen molar-refractivity contribution in [3.8, 4) is 17.2 Å². The van der Waals surface area contributed by atoms with Gasteiger partial charge in [-0.05, 0) is 165 Å². The smallest absolute Gasteiger partial charge is 0.342 e. The number of carbonyl (C=O) groups excluding carboxylic acids is 3. The van der Waals surface area contributed by atoms with Gasteiger partial charge in [0.15, 0.2) is 12.1 Å². The monoisotopic (exact) mass is 1230 g/mol. The standard InChI is InChI=1S/2C15H18O3.C11H18N4O4.C11H12O3.2C9H16O/c2*1-8(2)5-6-11-9(3)10(4)12-7-18-15(17)13(12)14(11)16;1-6(12-2)10-13-5-15(14-10)11-9(18-3)8(17)7(4-16)19-11;1-5-6(2)8-4-14-11(13)9(8)10(12)7(5)3;1-6-4-7(2)9(5-10)8(6)3;1-4-8-7(3)6(2)5-9(8)10/h2*5,16H,6-7H2,1-4H3;5,7-9,11-12,16-17H,1,4H2,2-3H3;12H,4H2,1-3H3;6-7,9-10H,3-5H2,1-2H3;6,8-10H,3-5H2,1-2H3/t;;7-,8-,9+,11-;;6-,7-,9+;6-,8-,9-/m..0.00/s1. The van der Waals surface area contributed by atoms with Gasteiger partial charge in [-0.25, -0.2) is 24.0 Å². The molecule has 2 aliphatic carbocycles. The number of hydrogen-bond acceptors (Lipinski definition) is 18. The van der Waals surface area contributed by atoms with Crippen LogP contribution in [0.25, 0.3) is 5.70 Å². The van der Waals surface area contributed by atoms with Gasteiger partial charge in [0.05, 0.1) is 18.4 Å². The SMILES string of the molecule is C=C(NC)c1ncn([C@H]2O[C@@H](CO)[C@H](O)[C@H]2OC)n1.C=C1[C@@H](C)C[C@H](C)[C@H]1CO.C=C1[C@@H](C)C[C@H](O)[C@H]1CC.CC(C)=CCc1c(C)c(C)c2c(c1O)C(=O)OC2.CC(C)=CCc1c(C)c(C)c2c(c1O)C(=O)OC2.Cc1c(C)c(O)c2c(c1C)COC2=O. The van der Waals surface area contributed by atoms with E-state index >= 15 is 0 Å². The van der Waals surface area contributed by atoms with E-state index in [1.807, 2.05) is 88.3 Å². The van der Waals surface area contributed by atoms with Gasteiger partial charge < -0.3 is 64.7 Å². The molecule has 3 fully saturated rings. The molecule has 1 saturated heterocycles.